The van der Waals surface area contributed by atoms with Gasteiger partial charge in [-0.05, 0) is 48.3 Å². The number of allylic oxidation sites excluding steroid dienone is 2. The maximum absolute atomic E-state index is 12.8. The summed E-state index contributed by atoms with van der Waals surface area (Å²) in [7, 11) is 0. The molecule has 0 radical (unpaired) electrons. The zero-order valence-electron chi connectivity index (χ0n) is 13.9. The molecule has 0 heterocycles. The van der Waals surface area contributed by atoms with Crippen molar-refractivity contribution in [1.82, 2.24) is 0 Å². The topological polar surface area (TPSA) is 43.4 Å². The fraction of sp³-hybridized carbons (Fsp3) is 0.238. The first kappa shape index (κ1) is 17.6. The van der Waals surface area contributed by atoms with Crippen LogP contribution in [0, 0.1) is 5.92 Å². The minimum atomic E-state index is -0.784. The Labute approximate surface area is 155 Å². The minimum absolute atomic E-state index is 0.184. The SMILES string of the molecule is CCOC(=O)C1C(=O)C=C(c2ccccc2)CC1c1ccc(Br)cc1. The molecular formula is C21H19BrO3. The monoisotopic (exact) mass is 398 g/mol. The van der Waals surface area contributed by atoms with E-state index < -0.39 is 11.9 Å². The average Bonchev–Trinajstić information content (AvgIpc) is 2.62. The normalized spacial score (nSPS) is 20.1. The minimum Gasteiger partial charge on any atom is -0.465 e. The maximum Gasteiger partial charge on any atom is 0.317 e. The van der Waals surface area contributed by atoms with E-state index in [1.807, 2.05) is 54.6 Å². The fourth-order valence-corrected chi connectivity index (χ4v) is 3.52. The van der Waals surface area contributed by atoms with Crippen LogP contribution in [0.2, 0.25) is 0 Å². The third-order valence-corrected chi connectivity index (χ3v) is 4.98. The molecule has 3 rings (SSSR count). The smallest absolute Gasteiger partial charge is 0.317 e. The zero-order valence-corrected chi connectivity index (χ0v) is 15.5. The van der Waals surface area contributed by atoms with Gasteiger partial charge in [-0.1, -0.05) is 58.4 Å². The van der Waals surface area contributed by atoms with Gasteiger partial charge in [-0.15, -0.1) is 0 Å². The van der Waals surface area contributed by atoms with Gasteiger partial charge in [0.25, 0.3) is 0 Å². The summed E-state index contributed by atoms with van der Waals surface area (Å²) in [4.78, 5) is 25.2. The summed E-state index contributed by atoms with van der Waals surface area (Å²) in [6.45, 7) is 2.02. The predicted molar refractivity (Wildman–Crippen MR) is 101 cm³/mol. The first-order valence-electron chi connectivity index (χ1n) is 8.32. The van der Waals surface area contributed by atoms with Crippen LogP contribution in [0.4, 0.5) is 0 Å². The lowest BCUT2D eigenvalue weighted by Crippen LogP contribution is -2.34. The second kappa shape index (κ2) is 7.79. The Morgan fingerprint density at radius 3 is 2.44 bits per heavy atom. The van der Waals surface area contributed by atoms with Crippen molar-refractivity contribution in [2.45, 2.75) is 19.3 Å². The van der Waals surface area contributed by atoms with Gasteiger partial charge in [0.15, 0.2) is 5.78 Å². The van der Waals surface area contributed by atoms with E-state index in [0.29, 0.717) is 6.42 Å². The van der Waals surface area contributed by atoms with Crippen LogP contribution in [-0.2, 0) is 14.3 Å². The molecule has 0 spiro atoms. The molecule has 2 unspecified atom stereocenters. The van der Waals surface area contributed by atoms with Gasteiger partial charge in [0, 0.05) is 10.4 Å². The summed E-state index contributed by atoms with van der Waals surface area (Å²) in [6, 6.07) is 17.6. The Bertz CT molecular complexity index is 794. The third kappa shape index (κ3) is 3.90. The number of carbonyl (C=O) groups is 2. The molecular weight excluding hydrogens is 380 g/mol. The van der Waals surface area contributed by atoms with Crippen LogP contribution >= 0.6 is 15.9 Å². The molecule has 2 aromatic rings. The number of ether oxygens (including phenoxy) is 1. The maximum atomic E-state index is 12.8. The van der Waals surface area contributed by atoms with Crippen molar-refractivity contribution < 1.29 is 14.3 Å². The molecule has 0 amide bonds. The summed E-state index contributed by atoms with van der Waals surface area (Å²) in [6.07, 6.45) is 2.23. The molecule has 3 nitrogen and oxygen atoms in total. The van der Waals surface area contributed by atoms with Gasteiger partial charge in [0.05, 0.1) is 6.61 Å². The zero-order chi connectivity index (χ0) is 17.8. The highest BCUT2D eigenvalue weighted by molar-refractivity contribution is 9.10. The molecule has 0 fully saturated rings. The molecule has 0 saturated heterocycles. The number of esters is 1. The van der Waals surface area contributed by atoms with Crippen LogP contribution in [0.25, 0.3) is 5.57 Å². The van der Waals surface area contributed by atoms with E-state index in [-0.39, 0.29) is 18.3 Å². The number of carbonyl (C=O) groups excluding carboxylic acids is 2. The molecule has 2 atom stereocenters. The Morgan fingerprint density at radius 1 is 1.12 bits per heavy atom. The molecule has 0 N–H and O–H groups in total. The molecule has 25 heavy (non-hydrogen) atoms. The van der Waals surface area contributed by atoms with Crippen molar-refractivity contribution in [2.75, 3.05) is 6.61 Å². The van der Waals surface area contributed by atoms with Gasteiger partial charge in [-0.3, -0.25) is 9.59 Å². The summed E-state index contributed by atoms with van der Waals surface area (Å²) in [5.74, 6) is -1.63. The second-order valence-corrected chi connectivity index (χ2v) is 6.95. The van der Waals surface area contributed by atoms with Gasteiger partial charge in [0.2, 0.25) is 0 Å². The highest BCUT2D eigenvalue weighted by Gasteiger charge is 2.39. The summed E-state index contributed by atoms with van der Waals surface area (Å²) in [5, 5.41) is 0. The Morgan fingerprint density at radius 2 is 1.80 bits per heavy atom. The third-order valence-electron chi connectivity index (χ3n) is 4.45. The molecule has 0 aliphatic heterocycles. The first-order chi connectivity index (χ1) is 12.1. The van der Waals surface area contributed by atoms with E-state index in [9.17, 15) is 9.59 Å². The van der Waals surface area contributed by atoms with Gasteiger partial charge < -0.3 is 4.74 Å². The van der Waals surface area contributed by atoms with Crippen molar-refractivity contribution in [1.29, 1.82) is 0 Å². The number of hydrogen-bond acceptors (Lipinski definition) is 3. The number of halogens is 1. The van der Waals surface area contributed by atoms with Crippen molar-refractivity contribution in [3.8, 4) is 0 Å². The van der Waals surface area contributed by atoms with Crippen molar-refractivity contribution >= 4 is 33.3 Å². The lowest BCUT2D eigenvalue weighted by molar-refractivity contribution is -0.151. The predicted octanol–water partition coefficient (Wildman–Crippen LogP) is 4.77. The van der Waals surface area contributed by atoms with E-state index in [1.54, 1.807) is 13.0 Å². The average molecular weight is 399 g/mol. The van der Waals surface area contributed by atoms with E-state index >= 15 is 0 Å². The molecule has 0 saturated carbocycles. The van der Waals surface area contributed by atoms with Crippen LogP contribution in [-0.4, -0.2) is 18.4 Å². The number of ketones is 1. The standard InChI is InChI=1S/C21H19BrO3/c1-2-25-21(24)20-18(15-8-10-17(22)11-9-15)12-16(13-19(20)23)14-6-4-3-5-7-14/h3-11,13,18,20H,2,12H2,1H3. The largest absolute Gasteiger partial charge is 0.465 e. The van der Waals surface area contributed by atoms with E-state index in [4.69, 9.17) is 4.74 Å². The summed E-state index contributed by atoms with van der Waals surface area (Å²) in [5.41, 5.74) is 2.94. The lowest BCUT2D eigenvalue weighted by atomic mass is 9.73. The highest BCUT2D eigenvalue weighted by Crippen LogP contribution is 2.40. The molecule has 1 aliphatic rings. The van der Waals surface area contributed by atoms with Gasteiger partial charge in [-0.25, -0.2) is 0 Å². The van der Waals surface area contributed by atoms with Crippen molar-refractivity contribution in [2.24, 2.45) is 5.92 Å². The van der Waals surface area contributed by atoms with Gasteiger partial charge in [0.1, 0.15) is 5.92 Å². The quantitative estimate of drug-likeness (QED) is 0.550. The summed E-state index contributed by atoms with van der Waals surface area (Å²) >= 11 is 3.43. The van der Waals surface area contributed by atoms with E-state index in [2.05, 4.69) is 15.9 Å². The fourth-order valence-electron chi connectivity index (χ4n) is 3.26. The highest BCUT2D eigenvalue weighted by atomic mass is 79.9. The van der Waals surface area contributed by atoms with Crippen molar-refractivity contribution in [3.63, 3.8) is 0 Å². The lowest BCUT2D eigenvalue weighted by Gasteiger charge is -2.29. The van der Waals surface area contributed by atoms with Crippen LogP contribution < -0.4 is 0 Å². The Balaban J connectivity index is 2.01. The first-order valence-corrected chi connectivity index (χ1v) is 9.11. The van der Waals surface area contributed by atoms with E-state index in [0.717, 1.165) is 21.2 Å². The second-order valence-electron chi connectivity index (χ2n) is 6.03. The van der Waals surface area contributed by atoms with E-state index in [1.165, 1.54) is 0 Å². The molecule has 128 valence electrons. The van der Waals surface area contributed by atoms with Gasteiger partial charge in [-0.2, -0.15) is 0 Å². The van der Waals surface area contributed by atoms with Crippen LogP contribution in [0.1, 0.15) is 30.4 Å². The molecule has 1 aliphatic carbocycles. The number of rotatable bonds is 4. The van der Waals surface area contributed by atoms with Crippen molar-refractivity contribution in [3.05, 3.63) is 76.3 Å². The van der Waals surface area contributed by atoms with Crippen LogP contribution in [0.5, 0.6) is 0 Å². The number of benzene rings is 2. The Kier molecular flexibility index (Phi) is 5.49. The summed E-state index contributed by atoms with van der Waals surface area (Å²) < 4.78 is 6.13. The molecule has 4 heteroatoms. The van der Waals surface area contributed by atoms with Crippen LogP contribution in [0.3, 0.4) is 0 Å². The molecule has 0 bridgehead atoms. The molecule has 2 aromatic carbocycles. The van der Waals surface area contributed by atoms with Gasteiger partial charge >= 0.3 is 5.97 Å². The van der Waals surface area contributed by atoms with Crippen LogP contribution in [0.15, 0.2) is 65.1 Å². The number of hydrogen-bond donors (Lipinski definition) is 0. The Hall–Kier alpha value is -2.20. The molecule has 0 aromatic heterocycles.